The molecule has 0 radical (unpaired) electrons. The van der Waals surface area contributed by atoms with E-state index in [-0.39, 0.29) is 17.1 Å². The highest BCUT2D eigenvalue weighted by Gasteiger charge is 2.17. The van der Waals surface area contributed by atoms with Crippen molar-refractivity contribution in [1.82, 2.24) is 0 Å². The number of hydrogen-bond acceptors (Lipinski definition) is 3. The number of carboxylic acid groups (broad SMARTS) is 1. The molecule has 0 saturated heterocycles. The van der Waals surface area contributed by atoms with Crippen LogP contribution >= 0.6 is 0 Å². The van der Waals surface area contributed by atoms with Gasteiger partial charge in [0, 0.05) is 0 Å². The van der Waals surface area contributed by atoms with Gasteiger partial charge in [0.1, 0.15) is 5.56 Å². The molecule has 0 aromatic heterocycles. The summed E-state index contributed by atoms with van der Waals surface area (Å²) in [5.74, 6) is -1.79. The number of hydrogen-bond donors (Lipinski definition) is 1. The number of ether oxygens (including phenoxy) is 2. The van der Waals surface area contributed by atoms with E-state index in [1.54, 1.807) is 0 Å². The molecule has 0 amide bonds. The third-order valence-corrected chi connectivity index (χ3v) is 1.63. The van der Waals surface area contributed by atoms with Crippen molar-refractivity contribution in [3.05, 3.63) is 23.8 Å². The summed E-state index contributed by atoms with van der Waals surface area (Å²) >= 11 is 0. The second kappa shape index (κ2) is 4.59. The quantitative estimate of drug-likeness (QED) is 0.839. The topological polar surface area (TPSA) is 55.8 Å². The molecule has 0 aliphatic heterocycles. The summed E-state index contributed by atoms with van der Waals surface area (Å²) in [5, 5.41) is 8.73. The van der Waals surface area contributed by atoms with E-state index in [0.717, 1.165) is 0 Å². The van der Waals surface area contributed by atoms with Crippen molar-refractivity contribution < 1.29 is 28.2 Å². The van der Waals surface area contributed by atoms with Crippen LogP contribution in [0.5, 0.6) is 11.5 Å². The van der Waals surface area contributed by atoms with Crippen molar-refractivity contribution in [3.8, 4) is 11.5 Å². The summed E-state index contributed by atoms with van der Waals surface area (Å²) in [6.07, 6.45) is 0. The summed E-state index contributed by atoms with van der Waals surface area (Å²) in [7, 11) is 1.18. The maximum atomic E-state index is 11.9. The SMILES string of the molecule is COc1c(OC(F)F)cccc1C(=O)O. The minimum atomic E-state index is -3.03. The van der Waals surface area contributed by atoms with Crippen LogP contribution < -0.4 is 9.47 Å². The van der Waals surface area contributed by atoms with E-state index in [4.69, 9.17) is 9.84 Å². The predicted octanol–water partition coefficient (Wildman–Crippen LogP) is 1.99. The van der Waals surface area contributed by atoms with Crippen molar-refractivity contribution in [2.24, 2.45) is 0 Å². The van der Waals surface area contributed by atoms with Gasteiger partial charge in [-0.25, -0.2) is 4.79 Å². The van der Waals surface area contributed by atoms with Gasteiger partial charge in [-0.1, -0.05) is 6.07 Å². The molecule has 0 aliphatic rings. The van der Waals surface area contributed by atoms with Crippen LogP contribution in [-0.4, -0.2) is 24.8 Å². The van der Waals surface area contributed by atoms with Crippen molar-refractivity contribution in [3.63, 3.8) is 0 Å². The maximum absolute atomic E-state index is 11.9. The molecule has 0 unspecified atom stereocenters. The number of rotatable bonds is 4. The summed E-state index contributed by atoms with van der Waals surface area (Å²) in [6, 6.07) is 3.74. The molecule has 6 heteroatoms. The van der Waals surface area contributed by atoms with Crippen LogP contribution in [0.3, 0.4) is 0 Å². The van der Waals surface area contributed by atoms with Gasteiger partial charge in [0.15, 0.2) is 11.5 Å². The number of aromatic carboxylic acids is 1. The highest BCUT2D eigenvalue weighted by atomic mass is 19.3. The van der Waals surface area contributed by atoms with E-state index in [1.165, 1.54) is 25.3 Å². The molecule has 1 N–H and O–H groups in total. The van der Waals surface area contributed by atoms with Crippen LogP contribution in [0.4, 0.5) is 8.78 Å². The molecule has 82 valence electrons. The number of para-hydroxylation sites is 1. The summed E-state index contributed by atoms with van der Waals surface area (Å²) in [5.41, 5.74) is -0.226. The van der Waals surface area contributed by atoms with Crippen molar-refractivity contribution in [1.29, 1.82) is 0 Å². The first kappa shape index (κ1) is 11.2. The van der Waals surface area contributed by atoms with E-state index in [0.29, 0.717) is 0 Å². The average Bonchev–Trinajstić information content (AvgIpc) is 2.16. The fourth-order valence-electron chi connectivity index (χ4n) is 1.08. The zero-order valence-corrected chi connectivity index (χ0v) is 7.74. The highest BCUT2D eigenvalue weighted by molar-refractivity contribution is 5.92. The fourth-order valence-corrected chi connectivity index (χ4v) is 1.08. The predicted molar refractivity (Wildman–Crippen MR) is 46.6 cm³/mol. The maximum Gasteiger partial charge on any atom is 0.387 e. The Morgan fingerprint density at radius 3 is 2.60 bits per heavy atom. The van der Waals surface area contributed by atoms with E-state index in [9.17, 15) is 13.6 Å². The van der Waals surface area contributed by atoms with Crippen molar-refractivity contribution in [2.45, 2.75) is 6.61 Å². The molecule has 0 bridgehead atoms. The van der Waals surface area contributed by atoms with Crippen molar-refractivity contribution in [2.75, 3.05) is 7.11 Å². The minimum Gasteiger partial charge on any atom is -0.492 e. The third kappa shape index (κ3) is 2.55. The highest BCUT2D eigenvalue weighted by Crippen LogP contribution is 2.31. The van der Waals surface area contributed by atoms with Gasteiger partial charge in [-0.05, 0) is 12.1 Å². The minimum absolute atomic E-state index is 0.217. The molecule has 0 heterocycles. The molecule has 1 rings (SSSR count). The Morgan fingerprint density at radius 2 is 2.13 bits per heavy atom. The van der Waals surface area contributed by atoms with E-state index in [2.05, 4.69) is 4.74 Å². The monoisotopic (exact) mass is 218 g/mol. The second-order valence-corrected chi connectivity index (χ2v) is 2.52. The Labute approximate surface area is 84.0 Å². The first-order valence-corrected chi connectivity index (χ1v) is 3.91. The Kier molecular flexibility index (Phi) is 3.43. The Hall–Kier alpha value is -1.85. The van der Waals surface area contributed by atoms with Crippen LogP contribution in [0.1, 0.15) is 10.4 Å². The lowest BCUT2D eigenvalue weighted by Crippen LogP contribution is -2.07. The summed E-state index contributed by atoms with van der Waals surface area (Å²) in [4.78, 5) is 10.7. The molecule has 1 aromatic carbocycles. The lowest BCUT2D eigenvalue weighted by Gasteiger charge is -2.11. The van der Waals surface area contributed by atoms with E-state index < -0.39 is 12.6 Å². The van der Waals surface area contributed by atoms with Gasteiger partial charge in [-0.2, -0.15) is 8.78 Å². The molecule has 0 aliphatic carbocycles. The van der Waals surface area contributed by atoms with Crippen LogP contribution in [0.25, 0.3) is 0 Å². The number of benzene rings is 1. The van der Waals surface area contributed by atoms with Gasteiger partial charge >= 0.3 is 12.6 Å². The number of carbonyl (C=O) groups is 1. The molecule has 4 nitrogen and oxygen atoms in total. The number of halogens is 2. The second-order valence-electron chi connectivity index (χ2n) is 2.52. The normalized spacial score (nSPS) is 10.1. The van der Waals surface area contributed by atoms with Gasteiger partial charge in [0.2, 0.25) is 0 Å². The Morgan fingerprint density at radius 1 is 1.47 bits per heavy atom. The van der Waals surface area contributed by atoms with E-state index in [1.807, 2.05) is 0 Å². The lowest BCUT2D eigenvalue weighted by atomic mass is 10.2. The molecular weight excluding hydrogens is 210 g/mol. The van der Waals surface area contributed by atoms with Crippen LogP contribution in [0, 0.1) is 0 Å². The standard InChI is InChI=1S/C9H8F2O4/c1-14-7-5(8(12)13)3-2-4-6(7)15-9(10)11/h2-4,9H,1H3,(H,12,13). The number of alkyl halides is 2. The summed E-state index contributed by atoms with van der Waals surface area (Å²) < 4.78 is 32.7. The Balaban J connectivity index is 3.16. The van der Waals surface area contributed by atoms with Crippen LogP contribution in [0.2, 0.25) is 0 Å². The lowest BCUT2D eigenvalue weighted by molar-refractivity contribution is -0.0513. The van der Waals surface area contributed by atoms with Crippen LogP contribution in [0.15, 0.2) is 18.2 Å². The molecule has 0 spiro atoms. The number of carboxylic acids is 1. The third-order valence-electron chi connectivity index (χ3n) is 1.63. The van der Waals surface area contributed by atoms with Crippen molar-refractivity contribution >= 4 is 5.97 Å². The molecule has 0 fully saturated rings. The van der Waals surface area contributed by atoms with Gasteiger partial charge in [-0.15, -0.1) is 0 Å². The zero-order chi connectivity index (χ0) is 11.4. The zero-order valence-electron chi connectivity index (χ0n) is 7.74. The van der Waals surface area contributed by atoms with Crippen LogP contribution in [-0.2, 0) is 0 Å². The average molecular weight is 218 g/mol. The summed E-state index contributed by atoms with van der Waals surface area (Å²) in [6.45, 7) is -3.03. The molecule has 0 atom stereocenters. The largest absolute Gasteiger partial charge is 0.492 e. The van der Waals surface area contributed by atoms with E-state index >= 15 is 0 Å². The van der Waals surface area contributed by atoms with Gasteiger partial charge in [-0.3, -0.25) is 0 Å². The first-order valence-electron chi connectivity index (χ1n) is 3.91. The molecule has 0 saturated carbocycles. The molecule has 15 heavy (non-hydrogen) atoms. The smallest absolute Gasteiger partial charge is 0.387 e. The number of methoxy groups -OCH3 is 1. The van der Waals surface area contributed by atoms with Gasteiger partial charge in [0.05, 0.1) is 7.11 Å². The first-order chi connectivity index (χ1) is 7.06. The molecular formula is C9H8F2O4. The Bertz CT molecular complexity index is 365. The molecule has 1 aromatic rings. The van der Waals surface area contributed by atoms with Gasteiger partial charge in [0.25, 0.3) is 0 Å². The van der Waals surface area contributed by atoms with Gasteiger partial charge < -0.3 is 14.6 Å². The fraction of sp³-hybridized carbons (Fsp3) is 0.222.